The highest BCUT2D eigenvalue weighted by molar-refractivity contribution is 9.10. The van der Waals surface area contributed by atoms with E-state index < -0.39 is 5.54 Å². The smallest absolute Gasteiger partial charge is 0.246 e. The van der Waals surface area contributed by atoms with Gasteiger partial charge in [0.15, 0.2) is 0 Å². The lowest BCUT2D eigenvalue weighted by Crippen LogP contribution is -2.29. The van der Waals surface area contributed by atoms with Gasteiger partial charge >= 0.3 is 0 Å². The summed E-state index contributed by atoms with van der Waals surface area (Å²) < 4.78 is 2.38. The summed E-state index contributed by atoms with van der Waals surface area (Å²) >= 11 is 3.35. The molecule has 1 aromatic heterocycles. The van der Waals surface area contributed by atoms with Crippen LogP contribution in [0.1, 0.15) is 19.5 Å². The number of halogens is 1. The summed E-state index contributed by atoms with van der Waals surface area (Å²) in [6.45, 7) is 3.77. The van der Waals surface area contributed by atoms with Crippen LogP contribution in [-0.4, -0.2) is 20.9 Å². The van der Waals surface area contributed by atoms with Gasteiger partial charge in [-0.1, -0.05) is 27.2 Å². The summed E-state index contributed by atoms with van der Waals surface area (Å²) in [7, 11) is 0. The summed E-state index contributed by atoms with van der Waals surface area (Å²) in [5.41, 5.74) is 6.72. The van der Waals surface area contributed by atoms with Gasteiger partial charge in [-0.05, 0) is 32.0 Å². The topological polar surface area (TPSA) is 85.8 Å². The lowest BCUT2D eigenvalue weighted by Gasteiger charge is -2.13. The monoisotopic (exact) mass is 337 g/mol. The molecule has 1 heterocycles. The van der Waals surface area contributed by atoms with E-state index >= 15 is 0 Å². The molecule has 106 valence electrons. The van der Waals surface area contributed by atoms with Gasteiger partial charge < -0.3 is 11.1 Å². The summed E-state index contributed by atoms with van der Waals surface area (Å²) in [5, 5.41) is 10.7. The third kappa shape index (κ3) is 3.88. The first-order chi connectivity index (χ1) is 9.34. The lowest BCUT2D eigenvalue weighted by molar-refractivity contribution is -0.116. The van der Waals surface area contributed by atoms with Crippen molar-refractivity contribution in [3.63, 3.8) is 0 Å². The van der Waals surface area contributed by atoms with Gasteiger partial charge in [0, 0.05) is 10.2 Å². The zero-order chi connectivity index (χ0) is 14.8. The van der Waals surface area contributed by atoms with E-state index in [4.69, 9.17) is 5.73 Å². The van der Waals surface area contributed by atoms with Gasteiger partial charge in [-0.2, -0.15) is 0 Å². The first-order valence-electron chi connectivity index (χ1n) is 6.09. The minimum Gasteiger partial charge on any atom is -0.324 e. The van der Waals surface area contributed by atoms with Crippen molar-refractivity contribution in [3.05, 3.63) is 40.6 Å². The van der Waals surface area contributed by atoms with Crippen molar-refractivity contribution in [1.29, 1.82) is 0 Å². The molecule has 0 saturated heterocycles. The number of nitrogens with two attached hydrogens (primary N) is 1. The Morgan fingerprint density at radius 1 is 1.50 bits per heavy atom. The predicted molar refractivity (Wildman–Crippen MR) is 80.0 cm³/mol. The third-order valence-electron chi connectivity index (χ3n) is 2.61. The van der Waals surface area contributed by atoms with Crippen LogP contribution in [0, 0.1) is 0 Å². The second kappa shape index (κ2) is 5.72. The van der Waals surface area contributed by atoms with E-state index in [0.29, 0.717) is 5.69 Å². The van der Waals surface area contributed by atoms with Crippen LogP contribution in [0.25, 0.3) is 0 Å². The molecule has 0 spiro atoms. The fraction of sp³-hybridized carbons (Fsp3) is 0.308. The van der Waals surface area contributed by atoms with Crippen molar-refractivity contribution in [2.24, 2.45) is 5.73 Å². The van der Waals surface area contributed by atoms with E-state index in [9.17, 15) is 4.79 Å². The van der Waals surface area contributed by atoms with Gasteiger partial charge in [-0.25, -0.2) is 4.68 Å². The maximum atomic E-state index is 11.9. The quantitative estimate of drug-likeness (QED) is 0.891. The van der Waals surface area contributed by atoms with E-state index in [1.165, 1.54) is 4.68 Å². The van der Waals surface area contributed by atoms with Crippen LogP contribution >= 0.6 is 15.9 Å². The first-order valence-corrected chi connectivity index (χ1v) is 6.89. The lowest BCUT2D eigenvalue weighted by atomic mass is 10.0. The maximum absolute atomic E-state index is 11.9. The Morgan fingerprint density at radius 2 is 2.25 bits per heavy atom. The first kappa shape index (κ1) is 14.7. The average molecular weight is 338 g/mol. The highest BCUT2D eigenvalue weighted by Crippen LogP contribution is 2.16. The molecule has 0 unspecified atom stereocenters. The highest BCUT2D eigenvalue weighted by Gasteiger charge is 2.18. The predicted octanol–water partition coefficient (Wildman–Crippen LogP) is 1.87. The van der Waals surface area contributed by atoms with E-state index in [1.807, 2.05) is 38.1 Å². The number of hydrogen-bond acceptors (Lipinski definition) is 4. The van der Waals surface area contributed by atoms with Crippen molar-refractivity contribution >= 4 is 27.5 Å². The highest BCUT2D eigenvalue weighted by atomic mass is 79.9. The molecule has 1 aromatic carbocycles. The molecule has 6 nitrogen and oxygen atoms in total. The Balaban J connectivity index is 2.00. The number of aromatic nitrogens is 3. The maximum Gasteiger partial charge on any atom is 0.246 e. The Kier molecular flexibility index (Phi) is 4.20. The second-order valence-corrected chi connectivity index (χ2v) is 6.00. The molecular weight excluding hydrogens is 322 g/mol. The van der Waals surface area contributed by atoms with E-state index in [1.54, 1.807) is 6.20 Å². The average Bonchev–Trinajstić information content (AvgIpc) is 2.76. The van der Waals surface area contributed by atoms with Gasteiger partial charge in [-0.15, -0.1) is 5.10 Å². The largest absolute Gasteiger partial charge is 0.324 e. The van der Waals surface area contributed by atoms with Crippen molar-refractivity contribution in [2.75, 3.05) is 5.32 Å². The molecule has 0 radical (unpaired) electrons. The minimum atomic E-state index is -0.570. The molecule has 0 fully saturated rings. The van der Waals surface area contributed by atoms with Crippen molar-refractivity contribution in [1.82, 2.24) is 15.0 Å². The number of benzene rings is 1. The zero-order valence-corrected chi connectivity index (χ0v) is 12.9. The molecule has 20 heavy (non-hydrogen) atoms. The molecule has 0 aliphatic heterocycles. The standard InChI is InChI=1S/C13H16BrN5O/c1-13(2,15)11-7-19(18-17-11)8-12(20)16-10-5-3-4-9(14)6-10/h3-7H,8,15H2,1-2H3,(H,16,20). The second-order valence-electron chi connectivity index (χ2n) is 5.08. The van der Waals surface area contributed by atoms with Gasteiger partial charge in [0.2, 0.25) is 5.91 Å². The SMILES string of the molecule is CC(C)(N)c1cn(CC(=O)Nc2cccc(Br)c2)nn1. The number of nitrogens with zero attached hydrogens (tertiary/aromatic N) is 3. The Hall–Kier alpha value is -1.73. The normalized spacial score (nSPS) is 11.4. The molecule has 7 heteroatoms. The number of amides is 1. The summed E-state index contributed by atoms with van der Waals surface area (Å²) in [6, 6.07) is 7.39. The van der Waals surface area contributed by atoms with Gasteiger partial charge in [0.05, 0.1) is 11.7 Å². The number of carbonyl (C=O) groups is 1. The Bertz CT molecular complexity index is 617. The van der Waals surface area contributed by atoms with Crippen LogP contribution in [0.3, 0.4) is 0 Å². The molecule has 2 aromatic rings. The van der Waals surface area contributed by atoms with Crippen LogP contribution in [0.4, 0.5) is 5.69 Å². The molecule has 3 N–H and O–H groups in total. The number of carbonyl (C=O) groups excluding carboxylic acids is 1. The molecule has 2 rings (SSSR count). The molecule has 1 amide bonds. The third-order valence-corrected chi connectivity index (χ3v) is 3.11. The number of hydrogen-bond donors (Lipinski definition) is 2. The van der Waals surface area contributed by atoms with Crippen LogP contribution in [0.5, 0.6) is 0 Å². The fourth-order valence-corrected chi connectivity index (χ4v) is 1.98. The Morgan fingerprint density at radius 3 is 2.85 bits per heavy atom. The molecule has 0 aliphatic carbocycles. The molecule has 0 saturated carbocycles. The van der Waals surface area contributed by atoms with E-state index in [0.717, 1.165) is 10.2 Å². The van der Waals surface area contributed by atoms with Gasteiger partial charge in [0.25, 0.3) is 0 Å². The molecular formula is C13H16BrN5O. The van der Waals surface area contributed by atoms with Crippen LogP contribution in [0.2, 0.25) is 0 Å². The van der Waals surface area contributed by atoms with E-state index in [-0.39, 0.29) is 12.5 Å². The molecule has 0 aliphatic rings. The van der Waals surface area contributed by atoms with E-state index in [2.05, 4.69) is 31.6 Å². The number of nitrogens with one attached hydrogen (secondary N) is 1. The molecule has 0 bridgehead atoms. The van der Waals surface area contributed by atoms with Crippen molar-refractivity contribution in [2.45, 2.75) is 25.9 Å². The summed E-state index contributed by atoms with van der Waals surface area (Å²) in [6.07, 6.45) is 1.68. The van der Waals surface area contributed by atoms with Crippen LogP contribution < -0.4 is 11.1 Å². The Labute approximate surface area is 125 Å². The van der Waals surface area contributed by atoms with Gasteiger partial charge in [0.1, 0.15) is 12.2 Å². The molecule has 0 atom stereocenters. The zero-order valence-electron chi connectivity index (χ0n) is 11.3. The minimum absolute atomic E-state index is 0.0929. The summed E-state index contributed by atoms with van der Waals surface area (Å²) in [4.78, 5) is 11.9. The fourth-order valence-electron chi connectivity index (χ4n) is 1.58. The number of rotatable bonds is 4. The van der Waals surface area contributed by atoms with Crippen LogP contribution in [-0.2, 0) is 16.9 Å². The van der Waals surface area contributed by atoms with Crippen molar-refractivity contribution < 1.29 is 4.79 Å². The summed E-state index contributed by atoms with van der Waals surface area (Å²) in [5.74, 6) is -0.172. The number of anilines is 1. The van der Waals surface area contributed by atoms with Gasteiger partial charge in [-0.3, -0.25) is 4.79 Å². The van der Waals surface area contributed by atoms with Crippen molar-refractivity contribution in [3.8, 4) is 0 Å². The van der Waals surface area contributed by atoms with Crippen LogP contribution in [0.15, 0.2) is 34.9 Å².